The minimum Gasteiger partial charge on any atom is -0.495 e. The van der Waals surface area contributed by atoms with Crippen LogP contribution in [0.15, 0.2) is 62.9 Å². The van der Waals surface area contributed by atoms with E-state index in [1.807, 2.05) is 45.9 Å². The zero-order valence-corrected chi connectivity index (χ0v) is 19.3. The standard InChI is InChI=1S/C26H26N2O5/c1-15-14-33-22-10-16(6-7-18(15)22)19-11-17(28-9-8-23(30)27-25(28)31)12-20(24(19)32-5)21(29)13-26(2,3)4/h6-12,14H,13H2,1-5H3,(H,27,30,31). The summed E-state index contributed by atoms with van der Waals surface area (Å²) < 4.78 is 12.7. The van der Waals surface area contributed by atoms with Gasteiger partial charge in [-0.2, -0.15) is 0 Å². The highest BCUT2D eigenvalue weighted by molar-refractivity contribution is 6.02. The summed E-state index contributed by atoms with van der Waals surface area (Å²) in [6.45, 7) is 7.93. The molecule has 0 atom stereocenters. The Balaban J connectivity index is 2.00. The van der Waals surface area contributed by atoms with Crippen molar-refractivity contribution in [2.45, 2.75) is 34.1 Å². The average molecular weight is 447 g/mol. The number of aryl methyl sites for hydroxylation is 1. The molecular formula is C26H26N2O5. The molecular weight excluding hydrogens is 420 g/mol. The molecule has 0 bridgehead atoms. The van der Waals surface area contributed by atoms with Crippen molar-refractivity contribution >= 4 is 16.8 Å². The van der Waals surface area contributed by atoms with E-state index >= 15 is 0 Å². The van der Waals surface area contributed by atoms with E-state index < -0.39 is 11.2 Å². The van der Waals surface area contributed by atoms with Gasteiger partial charge in [-0.1, -0.05) is 32.9 Å². The normalized spacial score (nSPS) is 11.7. The van der Waals surface area contributed by atoms with Crippen molar-refractivity contribution in [3.63, 3.8) is 0 Å². The number of hydrogen-bond acceptors (Lipinski definition) is 5. The summed E-state index contributed by atoms with van der Waals surface area (Å²) in [5.41, 5.74) is 2.64. The van der Waals surface area contributed by atoms with Gasteiger partial charge >= 0.3 is 5.69 Å². The first-order valence-electron chi connectivity index (χ1n) is 10.6. The molecule has 1 N–H and O–H groups in total. The second-order valence-corrected chi connectivity index (χ2v) is 9.34. The smallest absolute Gasteiger partial charge is 0.332 e. The minimum atomic E-state index is -0.593. The van der Waals surface area contributed by atoms with Crippen LogP contribution in [0.4, 0.5) is 0 Å². The van der Waals surface area contributed by atoms with E-state index in [0.29, 0.717) is 34.6 Å². The van der Waals surface area contributed by atoms with E-state index in [-0.39, 0.29) is 11.2 Å². The number of rotatable bonds is 5. The summed E-state index contributed by atoms with van der Waals surface area (Å²) in [6.07, 6.45) is 3.38. The predicted molar refractivity (Wildman–Crippen MR) is 128 cm³/mol. The monoisotopic (exact) mass is 446 g/mol. The molecule has 0 aliphatic heterocycles. The number of nitrogens with one attached hydrogen (secondary N) is 1. The lowest BCUT2D eigenvalue weighted by Gasteiger charge is -2.20. The quantitative estimate of drug-likeness (QED) is 0.441. The predicted octanol–water partition coefficient (Wildman–Crippen LogP) is 4.87. The number of carbonyl (C=O) groups excluding carboxylic acids is 1. The van der Waals surface area contributed by atoms with Gasteiger partial charge in [-0.25, -0.2) is 4.79 Å². The van der Waals surface area contributed by atoms with Crippen LogP contribution in [0.5, 0.6) is 5.75 Å². The van der Waals surface area contributed by atoms with Crippen molar-refractivity contribution in [2.75, 3.05) is 7.11 Å². The zero-order chi connectivity index (χ0) is 23.9. The van der Waals surface area contributed by atoms with Gasteiger partial charge in [0.05, 0.1) is 24.6 Å². The maximum absolute atomic E-state index is 13.3. The van der Waals surface area contributed by atoms with Gasteiger partial charge in [-0.05, 0) is 41.7 Å². The number of furan rings is 1. The highest BCUT2D eigenvalue weighted by Crippen LogP contribution is 2.39. The van der Waals surface area contributed by atoms with Crippen LogP contribution in [0.2, 0.25) is 0 Å². The Morgan fingerprint density at radius 2 is 1.88 bits per heavy atom. The van der Waals surface area contributed by atoms with Crippen LogP contribution in [-0.2, 0) is 0 Å². The first-order valence-corrected chi connectivity index (χ1v) is 10.6. The van der Waals surface area contributed by atoms with Crippen LogP contribution in [0.3, 0.4) is 0 Å². The molecule has 0 amide bonds. The molecule has 0 aliphatic rings. The molecule has 0 spiro atoms. The summed E-state index contributed by atoms with van der Waals surface area (Å²) >= 11 is 0. The van der Waals surface area contributed by atoms with E-state index in [9.17, 15) is 14.4 Å². The number of hydrogen-bond donors (Lipinski definition) is 1. The maximum Gasteiger partial charge on any atom is 0.332 e. The number of benzene rings is 2. The topological polar surface area (TPSA) is 94.3 Å². The number of ketones is 1. The van der Waals surface area contributed by atoms with E-state index in [2.05, 4.69) is 4.98 Å². The molecule has 2 heterocycles. The Hall–Kier alpha value is -3.87. The molecule has 170 valence electrons. The van der Waals surface area contributed by atoms with E-state index in [0.717, 1.165) is 16.5 Å². The van der Waals surface area contributed by atoms with Crippen molar-refractivity contribution in [1.29, 1.82) is 0 Å². The number of H-pyrrole nitrogens is 1. The van der Waals surface area contributed by atoms with Gasteiger partial charge < -0.3 is 9.15 Å². The van der Waals surface area contributed by atoms with Crippen molar-refractivity contribution in [2.24, 2.45) is 5.41 Å². The van der Waals surface area contributed by atoms with Gasteiger partial charge in [0.2, 0.25) is 0 Å². The molecule has 0 unspecified atom stereocenters. The molecule has 0 saturated heterocycles. The van der Waals surface area contributed by atoms with Crippen LogP contribution in [0.1, 0.15) is 43.1 Å². The molecule has 0 aliphatic carbocycles. The molecule has 2 aromatic heterocycles. The number of ether oxygens (including phenoxy) is 1. The van der Waals surface area contributed by atoms with Gasteiger partial charge in [0.1, 0.15) is 11.3 Å². The van der Waals surface area contributed by atoms with Crippen molar-refractivity contribution < 1.29 is 13.9 Å². The minimum absolute atomic E-state index is 0.102. The molecule has 7 nitrogen and oxygen atoms in total. The lowest BCUT2D eigenvalue weighted by Crippen LogP contribution is -2.27. The second kappa shape index (κ2) is 8.24. The molecule has 7 heteroatoms. The third-order valence-corrected chi connectivity index (χ3v) is 5.45. The van der Waals surface area contributed by atoms with E-state index in [1.54, 1.807) is 18.4 Å². The van der Waals surface area contributed by atoms with Gasteiger partial charge in [0, 0.05) is 29.6 Å². The van der Waals surface area contributed by atoms with E-state index in [4.69, 9.17) is 9.15 Å². The van der Waals surface area contributed by atoms with Gasteiger partial charge in [-0.3, -0.25) is 19.1 Å². The number of nitrogens with zero attached hydrogens (tertiary/aromatic N) is 1. The maximum atomic E-state index is 13.3. The third kappa shape index (κ3) is 4.39. The fourth-order valence-corrected chi connectivity index (χ4v) is 3.92. The van der Waals surface area contributed by atoms with Crippen LogP contribution < -0.4 is 16.0 Å². The molecule has 4 rings (SSSR count). The first kappa shape index (κ1) is 22.3. The fourth-order valence-electron chi connectivity index (χ4n) is 3.92. The molecule has 4 aromatic rings. The van der Waals surface area contributed by atoms with Crippen LogP contribution in [0.25, 0.3) is 27.8 Å². The molecule has 0 saturated carbocycles. The molecule has 0 fully saturated rings. The number of fused-ring (bicyclic) bond motifs is 1. The molecule has 2 aromatic carbocycles. The van der Waals surface area contributed by atoms with Crippen molar-refractivity contribution in [3.05, 3.63) is 80.8 Å². The van der Waals surface area contributed by atoms with Gasteiger partial charge in [0.15, 0.2) is 5.78 Å². The first-order chi connectivity index (χ1) is 15.6. The van der Waals surface area contributed by atoms with Crippen LogP contribution in [-0.4, -0.2) is 22.4 Å². The number of Topliss-reactive ketones (excluding diaryl/α,β-unsaturated/α-hetero) is 1. The Kier molecular flexibility index (Phi) is 5.57. The number of aromatic nitrogens is 2. The Bertz CT molecular complexity index is 1480. The summed E-state index contributed by atoms with van der Waals surface area (Å²) in [5.74, 6) is 0.322. The third-order valence-electron chi connectivity index (χ3n) is 5.45. The lowest BCUT2D eigenvalue weighted by molar-refractivity contribution is 0.0937. The summed E-state index contributed by atoms with van der Waals surface area (Å²) in [6, 6.07) is 10.4. The SMILES string of the molecule is COc1c(C(=O)CC(C)(C)C)cc(-n2ccc(=O)[nH]c2=O)cc1-c1ccc2c(C)coc2c1. The Labute approximate surface area is 190 Å². The Morgan fingerprint density at radius 3 is 2.55 bits per heavy atom. The van der Waals surface area contributed by atoms with Crippen LogP contribution >= 0.6 is 0 Å². The van der Waals surface area contributed by atoms with Crippen LogP contribution in [0, 0.1) is 12.3 Å². The number of aromatic amines is 1. The number of carbonyl (C=O) groups is 1. The van der Waals surface area contributed by atoms with Gasteiger partial charge in [-0.15, -0.1) is 0 Å². The second-order valence-electron chi connectivity index (χ2n) is 9.34. The largest absolute Gasteiger partial charge is 0.495 e. The van der Waals surface area contributed by atoms with Gasteiger partial charge in [0.25, 0.3) is 5.56 Å². The average Bonchev–Trinajstić information content (AvgIpc) is 3.11. The summed E-state index contributed by atoms with van der Waals surface area (Å²) in [4.78, 5) is 39.7. The highest BCUT2D eigenvalue weighted by Gasteiger charge is 2.24. The van der Waals surface area contributed by atoms with Crippen molar-refractivity contribution in [1.82, 2.24) is 9.55 Å². The summed E-state index contributed by atoms with van der Waals surface area (Å²) in [7, 11) is 1.52. The number of methoxy groups -OCH3 is 1. The zero-order valence-electron chi connectivity index (χ0n) is 19.3. The Morgan fingerprint density at radius 1 is 1.12 bits per heavy atom. The molecule has 0 radical (unpaired) electrons. The van der Waals surface area contributed by atoms with E-state index in [1.165, 1.54) is 23.9 Å². The highest BCUT2D eigenvalue weighted by atomic mass is 16.5. The fraction of sp³-hybridized carbons (Fsp3) is 0.269. The van der Waals surface area contributed by atoms with Crippen molar-refractivity contribution in [3.8, 4) is 22.6 Å². The molecule has 33 heavy (non-hydrogen) atoms. The summed E-state index contributed by atoms with van der Waals surface area (Å²) in [5, 5.41) is 0.995. The lowest BCUT2D eigenvalue weighted by atomic mass is 9.86.